The van der Waals surface area contributed by atoms with E-state index >= 15 is 0 Å². The first-order valence-electron chi connectivity index (χ1n) is 12.9. The molecule has 0 unspecified atom stereocenters. The lowest BCUT2D eigenvalue weighted by atomic mass is 9.94. The summed E-state index contributed by atoms with van der Waals surface area (Å²) in [5.41, 5.74) is 4.43. The molecule has 4 rings (SSSR count). The number of aryl methyl sites for hydroxylation is 1. The first-order chi connectivity index (χ1) is 17.8. The van der Waals surface area contributed by atoms with Crippen LogP contribution >= 0.6 is 24.8 Å². The smallest absolute Gasteiger partial charge is 0.266 e. The largest absolute Gasteiger partial charge is 0.494 e. The van der Waals surface area contributed by atoms with Crippen molar-refractivity contribution in [1.82, 2.24) is 14.8 Å². The van der Waals surface area contributed by atoms with Crippen molar-refractivity contribution in [3.63, 3.8) is 0 Å². The molecule has 1 aromatic heterocycles. The molecular weight excluding hydrogens is 565 g/mol. The lowest BCUT2D eigenvalue weighted by Crippen LogP contribution is -2.63. The van der Waals surface area contributed by atoms with Crippen LogP contribution in [0.4, 0.5) is 11.4 Å². The number of nitrogens with one attached hydrogen (secondary N) is 1. The maximum atomic E-state index is 13.9. The van der Waals surface area contributed by atoms with E-state index in [4.69, 9.17) is 4.74 Å². The fraction of sp³-hybridized carbons (Fsp3) is 0.538. The van der Waals surface area contributed by atoms with Crippen LogP contribution in [0.2, 0.25) is 0 Å². The Morgan fingerprint density at radius 1 is 0.974 bits per heavy atom. The fourth-order valence-electron chi connectivity index (χ4n) is 5.00. The van der Waals surface area contributed by atoms with E-state index in [1.54, 1.807) is 11.7 Å². The number of amides is 1. The minimum atomic E-state index is -4.02. The molecule has 2 N–H and O–H groups in total. The van der Waals surface area contributed by atoms with Crippen molar-refractivity contribution in [1.29, 1.82) is 0 Å². The van der Waals surface area contributed by atoms with Gasteiger partial charge in [0.2, 0.25) is 10.0 Å². The van der Waals surface area contributed by atoms with Gasteiger partial charge in [0, 0.05) is 50.6 Å². The predicted octanol–water partition coefficient (Wildman–Crippen LogP) is 3.41. The average molecular weight is 605 g/mol. The monoisotopic (exact) mass is 603 g/mol. The van der Waals surface area contributed by atoms with E-state index in [2.05, 4.69) is 16.8 Å². The number of hydrogen-bond acceptors (Lipinski definition) is 8. The van der Waals surface area contributed by atoms with Crippen LogP contribution in [0.5, 0.6) is 5.75 Å². The van der Waals surface area contributed by atoms with Crippen molar-refractivity contribution in [3.05, 3.63) is 48.3 Å². The number of aromatic nitrogens is 1. The highest BCUT2D eigenvalue weighted by Gasteiger charge is 2.55. The molecule has 2 aliphatic rings. The van der Waals surface area contributed by atoms with Gasteiger partial charge in [0.05, 0.1) is 18.5 Å². The number of nitrogens with zero attached hydrogens (tertiary/aromatic N) is 4. The number of anilines is 2. The zero-order valence-corrected chi connectivity index (χ0v) is 24.9. The Balaban J connectivity index is 0.00000267. The molecular formula is C26H39Cl2N5O5S. The molecule has 218 valence electrons. The Hall–Kier alpha value is -2.31. The molecule has 3 heterocycles. The molecule has 0 spiro atoms. The van der Waals surface area contributed by atoms with Crippen molar-refractivity contribution in [2.24, 2.45) is 0 Å². The molecule has 2 fully saturated rings. The highest BCUT2D eigenvalue weighted by atomic mass is 35.5. The number of unbranched alkanes of at least 4 members (excludes halogenated alkanes) is 1. The Morgan fingerprint density at radius 2 is 1.56 bits per heavy atom. The van der Waals surface area contributed by atoms with Gasteiger partial charge in [-0.1, -0.05) is 13.3 Å². The van der Waals surface area contributed by atoms with Gasteiger partial charge >= 0.3 is 0 Å². The molecule has 1 amide bonds. The van der Waals surface area contributed by atoms with Crippen molar-refractivity contribution in [2.45, 2.75) is 44.3 Å². The maximum absolute atomic E-state index is 13.9. The summed E-state index contributed by atoms with van der Waals surface area (Å²) in [4.78, 5) is 21.3. The van der Waals surface area contributed by atoms with Gasteiger partial charge in [0.1, 0.15) is 5.75 Å². The second kappa shape index (κ2) is 14.4. The summed E-state index contributed by atoms with van der Waals surface area (Å²) in [6.07, 6.45) is 4.00. The van der Waals surface area contributed by atoms with Crippen LogP contribution in [0.15, 0.2) is 42.6 Å². The van der Waals surface area contributed by atoms with Gasteiger partial charge in [-0.3, -0.25) is 15.0 Å². The summed E-state index contributed by atoms with van der Waals surface area (Å²) >= 11 is 0. The SMILES string of the molecule is CCCCOc1ccc(N2CCN(S(=O)(=O)C3(C(=O)NO)CCN(c4ccc(C)nc4)CC3)CC2)cc1.Cl.Cl. The lowest BCUT2D eigenvalue weighted by molar-refractivity contribution is -0.132. The number of hydrogen-bond donors (Lipinski definition) is 2. The van der Waals surface area contributed by atoms with Crippen LogP contribution in [-0.4, -0.2) is 79.4 Å². The van der Waals surface area contributed by atoms with Crippen molar-refractivity contribution < 1.29 is 23.2 Å². The molecule has 10 nitrogen and oxygen atoms in total. The van der Waals surface area contributed by atoms with E-state index in [0.29, 0.717) is 32.8 Å². The number of benzene rings is 1. The van der Waals surface area contributed by atoms with E-state index in [9.17, 15) is 18.4 Å². The lowest BCUT2D eigenvalue weighted by Gasteiger charge is -2.44. The van der Waals surface area contributed by atoms with E-state index in [-0.39, 0.29) is 50.7 Å². The summed E-state index contributed by atoms with van der Waals surface area (Å²) in [7, 11) is -4.02. The van der Waals surface area contributed by atoms with Crippen molar-refractivity contribution in [2.75, 3.05) is 55.7 Å². The van der Waals surface area contributed by atoms with Gasteiger partial charge in [-0.15, -0.1) is 24.8 Å². The number of pyridine rings is 1. The zero-order valence-electron chi connectivity index (χ0n) is 22.4. The number of halogens is 2. The topological polar surface area (TPSA) is 115 Å². The van der Waals surface area contributed by atoms with Crippen LogP contribution in [-0.2, 0) is 14.8 Å². The Bertz CT molecular complexity index is 1150. The van der Waals surface area contributed by atoms with Gasteiger partial charge in [-0.2, -0.15) is 4.31 Å². The van der Waals surface area contributed by atoms with Gasteiger partial charge in [-0.05, 0) is 62.6 Å². The first kappa shape index (κ1) is 32.9. The van der Waals surface area contributed by atoms with Crippen LogP contribution in [0, 0.1) is 6.92 Å². The zero-order chi connectivity index (χ0) is 26.5. The third kappa shape index (κ3) is 7.07. The molecule has 0 bridgehead atoms. The molecule has 2 aliphatic heterocycles. The summed E-state index contributed by atoms with van der Waals surface area (Å²) in [5.74, 6) is -0.0431. The van der Waals surface area contributed by atoms with Crippen LogP contribution < -0.4 is 20.0 Å². The number of sulfonamides is 1. The summed E-state index contributed by atoms with van der Waals surface area (Å²) in [6.45, 7) is 6.99. The van der Waals surface area contributed by atoms with Crippen molar-refractivity contribution in [3.8, 4) is 5.75 Å². The quantitative estimate of drug-likeness (QED) is 0.254. The number of hydroxylamine groups is 1. The number of ether oxygens (including phenoxy) is 1. The second-order valence-corrected chi connectivity index (χ2v) is 11.9. The fourth-order valence-corrected chi connectivity index (χ4v) is 7.12. The van der Waals surface area contributed by atoms with E-state index in [1.807, 2.05) is 48.2 Å². The molecule has 0 saturated carbocycles. The van der Waals surface area contributed by atoms with E-state index in [0.717, 1.165) is 35.7 Å². The standard InChI is InChI=1S/C26H37N5O5S.2ClH/c1-3-4-19-36-24-9-7-22(8-10-24)30-15-17-31(18-16-30)37(34,35)26(25(32)28-33)11-13-29(14-12-26)23-6-5-21(2)27-20-23;;/h5-10,20,33H,3-4,11-19H2,1-2H3,(H,28,32);2*1H. The summed E-state index contributed by atoms with van der Waals surface area (Å²) in [6, 6.07) is 11.7. The molecule has 39 heavy (non-hydrogen) atoms. The third-order valence-electron chi connectivity index (χ3n) is 7.39. The maximum Gasteiger partial charge on any atom is 0.266 e. The first-order valence-corrected chi connectivity index (χ1v) is 14.3. The highest BCUT2D eigenvalue weighted by Crippen LogP contribution is 2.36. The Morgan fingerprint density at radius 3 is 2.10 bits per heavy atom. The highest BCUT2D eigenvalue weighted by molar-refractivity contribution is 7.91. The Labute approximate surface area is 243 Å². The molecule has 1 aromatic carbocycles. The van der Waals surface area contributed by atoms with Crippen LogP contribution in [0.3, 0.4) is 0 Å². The number of carbonyl (C=O) groups excluding carboxylic acids is 1. The van der Waals surface area contributed by atoms with Gasteiger partial charge < -0.3 is 14.5 Å². The number of piperazine rings is 1. The van der Waals surface area contributed by atoms with E-state index in [1.165, 1.54) is 4.31 Å². The molecule has 2 saturated heterocycles. The minimum Gasteiger partial charge on any atom is -0.494 e. The van der Waals surface area contributed by atoms with Gasteiger partial charge in [-0.25, -0.2) is 13.9 Å². The van der Waals surface area contributed by atoms with Crippen molar-refractivity contribution >= 4 is 52.1 Å². The molecule has 13 heteroatoms. The number of rotatable bonds is 9. The third-order valence-corrected chi connectivity index (χ3v) is 10.0. The summed E-state index contributed by atoms with van der Waals surface area (Å²) < 4.78 is 33.1. The normalized spacial score (nSPS) is 17.5. The molecule has 2 aromatic rings. The predicted molar refractivity (Wildman–Crippen MR) is 157 cm³/mol. The number of carbonyl (C=O) groups is 1. The summed E-state index contributed by atoms with van der Waals surface area (Å²) in [5, 5.41) is 9.48. The van der Waals surface area contributed by atoms with Crippen LogP contribution in [0.1, 0.15) is 38.3 Å². The average Bonchev–Trinajstić information content (AvgIpc) is 2.93. The molecule has 0 aliphatic carbocycles. The number of piperidine rings is 1. The van der Waals surface area contributed by atoms with Crippen LogP contribution in [0.25, 0.3) is 0 Å². The van der Waals surface area contributed by atoms with E-state index < -0.39 is 20.7 Å². The Kier molecular flexibility index (Phi) is 12.1. The second-order valence-electron chi connectivity index (χ2n) is 9.67. The minimum absolute atomic E-state index is 0. The van der Waals surface area contributed by atoms with Gasteiger partial charge in [0.25, 0.3) is 5.91 Å². The molecule has 0 atom stereocenters. The van der Waals surface area contributed by atoms with Gasteiger partial charge in [0.15, 0.2) is 4.75 Å². The molecule has 0 radical (unpaired) electrons.